The van der Waals surface area contributed by atoms with Gasteiger partial charge in [-0.25, -0.2) is 4.79 Å². The molecule has 0 aliphatic carbocycles. The van der Waals surface area contributed by atoms with Gasteiger partial charge >= 0.3 is 12.1 Å². The summed E-state index contributed by atoms with van der Waals surface area (Å²) in [7, 11) is 0. The van der Waals surface area contributed by atoms with Crippen LogP contribution >= 0.6 is 11.6 Å². The van der Waals surface area contributed by atoms with Gasteiger partial charge in [0, 0.05) is 37.6 Å². The summed E-state index contributed by atoms with van der Waals surface area (Å²) >= 11 is 6.13. The first-order valence-corrected chi connectivity index (χ1v) is 13.4. The third-order valence-corrected chi connectivity index (χ3v) is 6.48. The number of hydrogen-bond acceptors (Lipinski definition) is 10. The highest BCUT2D eigenvalue weighted by Gasteiger charge is 2.26. The van der Waals surface area contributed by atoms with Gasteiger partial charge in [0.2, 0.25) is 6.29 Å². The van der Waals surface area contributed by atoms with Crippen LogP contribution in [-0.2, 0) is 23.8 Å². The normalized spacial score (nSPS) is 15.8. The van der Waals surface area contributed by atoms with Crippen LogP contribution in [0.4, 0.5) is 4.79 Å². The van der Waals surface area contributed by atoms with Crippen LogP contribution < -0.4 is 0 Å². The maximum Gasteiger partial charge on any atom is 0.510 e. The lowest BCUT2D eigenvalue weighted by molar-refractivity contribution is -0.777. The summed E-state index contributed by atoms with van der Waals surface area (Å²) in [5, 5.41) is 9.80. The highest BCUT2D eigenvalue weighted by molar-refractivity contribution is 6.30. The lowest BCUT2D eigenvalue weighted by Crippen LogP contribution is -2.48. The van der Waals surface area contributed by atoms with Crippen LogP contribution in [0.3, 0.4) is 0 Å². The summed E-state index contributed by atoms with van der Waals surface area (Å²) in [6.07, 6.45) is 1.52. The van der Waals surface area contributed by atoms with Gasteiger partial charge in [-0.05, 0) is 55.3 Å². The standard InChI is InChI=1S/C28H34ClN3O8/c1-22(40-32(35)36)39-28(34)38-21-6-5-20-37-26(33)10-7-15-30-16-18-31(19-17-30)27(23-8-3-2-4-9-23)24-11-13-25(29)14-12-24/h2-6,8-9,11-14,22,27H,7,10,15-21H2,1H3/b6-5-. The molecule has 0 aromatic heterocycles. The highest BCUT2D eigenvalue weighted by atomic mass is 35.5. The van der Waals surface area contributed by atoms with Gasteiger partial charge in [-0.2, -0.15) is 0 Å². The van der Waals surface area contributed by atoms with Crippen molar-refractivity contribution < 1.29 is 33.7 Å². The minimum atomic E-state index is -1.38. The summed E-state index contributed by atoms with van der Waals surface area (Å²) in [4.78, 5) is 42.4. The fourth-order valence-corrected chi connectivity index (χ4v) is 4.49. The van der Waals surface area contributed by atoms with Crippen LogP contribution in [-0.4, -0.2) is 79.2 Å². The Morgan fingerprint density at radius 1 is 0.975 bits per heavy atom. The monoisotopic (exact) mass is 575 g/mol. The number of nitrogens with zero attached hydrogens (tertiary/aromatic N) is 3. The topological polar surface area (TPSA) is 121 Å². The van der Waals surface area contributed by atoms with Crippen molar-refractivity contribution in [2.45, 2.75) is 32.1 Å². The maximum absolute atomic E-state index is 12.0. The zero-order valence-corrected chi connectivity index (χ0v) is 23.1. The SMILES string of the molecule is CC(OC(=O)OC/C=C\COC(=O)CCCN1CCN(C(c2ccccc2)c2ccc(Cl)cc2)CC1)O[N+](=O)[O-]. The third-order valence-electron chi connectivity index (χ3n) is 6.23. The van der Waals surface area contributed by atoms with E-state index in [9.17, 15) is 19.7 Å². The molecular formula is C28H34ClN3O8. The van der Waals surface area contributed by atoms with Crippen molar-refractivity contribution in [2.75, 3.05) is 45.9 Å². The molecule has 11 nitrogen and oxygen atoms in total. The molecular weight excluding hydrogens is 542 g/mol. The molecule has 2 unspecified atom stereocenters. The number of hydrogen-bond donors (Lipinski definition) is 0. The van der Waals surface area contributed by atoms with Gasteiger partial charge in [-0.15, -0.1) is 10.1 Å². The van der Waals surface area contributed by atoms with Crippen LogP contribution in [0.5, 0.6) is 0 Å². The number of esters is 1. The maximum atomic E-state index is 12.0. The molecule has 0 bridgehead atoms. The third kappa shape index (κ3) is 10.8. The number of piperazine rings is 1. The summed E-state index contributed by atoms with van der Waals surface area (Å²) in [5.41, 5.74) is 2.46. The largest absolute Gasteiger partial charge is 0.510 e. The van der Waals surface area contributed by atoms with Crippen molar-refractivity contribution in [1.82, 2.24) is 9.80 Å². The number of halogens is 1. The molecule has 1 fully saturated rings. The number of ether oxygens (including phenoxy) is 3. The summed E-state index contributed by atoms with van der Waals surface area (Å²) in [6.45, 7) is 5.54. The first kappa shape index (κ1) is 30.9. The van der Waals surface area contributed by atoms with E-state index in [1.54, 1.807) is 0 Å². The molecule has 40 heavy (non-hydrogen) atoms. The first-order valence-electron chi connectivity index (χ1n) is 13.0. The quantitative estimate of drug-likeness (QED) is 0.104. The van der Waals surface area contributed by atoms with E-state index >= 15 is 0 Å². The fourth-order valence-electron chi connectivity index (χ4n) is 4.36. The van der Waals surface area contributed by atoms with E-state index in [0.29, 0.717) is 12.8 Å². The van der Waals surface area contributed by atoms with Crippen LogP contribution in [0.2, 0.25) is 5.02 Å². The second-order valence-corrected chi connectivity index (χ2v) is 9.51. The molecule has 2 aromatic rings. The lowest BCUT2D eigenvalue weighted by Gasteiger charge is -2.39. The Balaban J connectivity index is 1.31. The molecule has 1 aliphatic heterocycles. The molecule has 3 rings (SSSR count). The molecule has 0 spiro atoms. The van der Waals surface area contributed by atoms with Gasteiger partial charge in [0.05, 0.1) is 6.04 Å². The molecule has 2 atom stereocenters. The van der Waals surface area contributed by atoms with E-state index in [1.807, 2.05) is 18.2 Å². The minimum Gasteiger partial charge on any atom is -0.461 e. The van der Waals surface area contributed by atoms with E-state index in [4.69, 9.17) is 21.1 Å². The van der Waals surface area contributed by atoms with Crippen molar-refractivity contribution in [3.63, 3.8) is 0 Å². The molecule has 1 heterocycles. The van der Waals surface area contributed by atoms with Crippen LogP contribution in [0.15, 0.2) is 66.7 Å². The minimum absolute atomic E-state index is 0.0440. The summed E-state index contributed by atoms with van der Waals surface area (Å²) in [6, 6.07) is 18.7. The van der Waals surface area contributed by atoms with Crippen LogP contribution in [0, 0.1) is 10.1 Å². The van der Waals surface area contributed by atoms with Gasteiger partial charge in [0.15, 0.2) is 0 Å². The molecule has 216 valence electrons. The van der Waals surface area contributed by atoms with E-state index in [1.165, 1.54) is 30.2 Å². The number of carbonyl (C=O) groups excluding carboxylic acids is 2. The van der Waals surface area contributed by atoms with Crippen molar-refractivity contribution >= 4 is 23.7 Å². The molecule has 0 amide bonds. The molecule has 1 saturated heterocycles. The smallest absolute Gasteiger partial charge is 0.461 e. The average Bonchev–Trinajstić information content (AvgIpc) is 2.93. The van der Waals surface area contributed by atoms with Crippen molar-refractivity contribution in [1.29, 1.82) is 0 Å². The zero-order chi connectivity index (χ0) is 28.7. The Labute approximate surface area is 238 Å². The average molecular weight is 576 g/mol. The van der Waals surface area contributed by atoms with Gasteiger partial charge in [0.1, 0.15) is 13.2 Å². The second-order valence-electron chi connectivity index (χ2n) is 9.08. The van der Waals surface area contributed by atoms with Crippen molar-refractivity contribution in [3.8, 4) is 0 Å². The molecule has 2 aromatic carbocycles. The van der Waals surface area contributed by atoms with E-state index in [-0.39, 0.29) is 25.2 Å². The van der Waals surface area contributed by atoms with E-state index in [2.05, 4.69) is 55.8 Å². The Bertz CT molecular complexity index is 1110. The van der Waals surface area contributed by atoms with Crippen LogP contribution in [0.25, 0.3) is 0 Å². The Hall–Kier alpha value is -3.67. The molecule has 12 heteroatoms. The van der Waals surface area contributed by atoms with Gasteiger partial charge < -0.3 is 19.1 Å². The van der Waals surface area contributed by atoms with Gasteiger partial charge in [-0.3, -0.25) is 14.5 Å². The number of rotatable bonds is 14. The summed E-state index contributed by atoms with van der Waals surface area (Å²) in [5.74, 6) is -0.304. The van der Waals surface area contributed by atoms with Gasteiger partial charge in [-0.1, -0.05) is 54.1 Å². The Morgan fingerprint density at radius 3 is 2.25 bits per heavy atom. The molecule has 0 saturated carbocycles. The predicted octanol–water partition coefficient (Wildman–Crippen LogP) is 4.63. The van der Waals surface area contributed by atoms with Crippen molar-refractivity contribution in [2.24, 2.45) is 0 Å². The van der Waals surface area contributed by atoms with Crippen LogP contribution in [0.1, 0.15) is 36.9 Å². The van der Waals surface area contributed by atoms with Gasteiger partial charge in [0.25, 0.3) is 5.09 Å². The zero-order valence-electron chi connectivity index (χ0n) is 22.4. The fraction of sp³-hybridized carbons (Fsp3) is 0.429. The second kappa shape index (κ2) is 16.4. The lowest BCUT2D eigenvalue weighted by atomic mass is 9.96. The van der Waals surface area contributed by atoms with E-state index < -0.39 is 17.5 Å². The number of benzene rings is 2. The highest BCUT2D eigenvalue weighted by Crippen LogP contribution is 2.30. The Morgan fingerprint density at radius 2 is 1.60 bits per heavy atom. The van der Waals surface area contributed by atoms with E-state index in [0.717, 1.165) is 37.7 Å². The Kier molecular flexibility index (Phi) is 12.7. The molecule has 0 radical (unpaired) electrons. The first-order chi connectivity index (χ1) is 19.3. The number of carbonyl (C=O) groups is 2. The predicted molar refractivity (Wildman–Crippen MR) is 147 cm³/mol. The molecule has 0 N–H and O–H groups in total. The van der Waals surface area contributed by atoms with Crippen molar-refractivity contribution in [3.05, 3.63) is 93.0 Å². The summed E-state index contributed by atoms with van der Waals surface area (Å²) < 4.78 is 14.4. The molecule has 1 aliphatic rings.